The van der Waals surface area contributed by atoms with Crippen molar-refractivity contribution in [3.8, 4) is 0 Å². The predicted molar refractivity (Wildman–Crippen MR) is 38.8 cm³/mol. The van der Waals surface area contributed by atoms with Crippen molar-refractivity contribution in [3.63, 3.8) is 0 Å². The van der Waals surface area contributed by atoms with E-state index in [4.69, 9.17) is 10.2 Å². The van der Waals surface area contributed by atoms with E-state index in [1.165, 1.54) is 13.8 Å². The molecule has 0 atom stereocenters. The molecule has 0 spiro atoms. The lowest BCUT2D eigenvalue weighted by atomic mass is 9.95. The van der Waals surface area contributed by atoms with Crippen LogP contribution in [-0.2, 0) is 9.53 Å². The Bertz CT molecular complexity index is 287. The van der Waals surface area contributed by atoms with Crippen molar-refractivity contribution in [2.24, 2.45) is 0 Å². The van der Waals surface area contributed by atoms with Crippen LogP contribution in [0.3, 0.4) is 0 Å². The molecule has 0 saturated carbocycles. The molecule has 0 unspecified atom stereocenters. The Morgan fingerprint density at radius 2 is 1.54 bits per heavy atom. The fourth-order valence-corrected chi connectivity index (χ4v) is 0.936. The summed E-state index contributed by atoms with van der Waals surface area (Å²) in [5.41, 5.74) is -0.225. The number of hydrogen-bond acceptors (Lipinski definition) is 6. The smallest absolute Gasteiger partial charge is 0.377 e. The van der Waals surface area contributed by atoms with Gasteiger partial charge in [0.25, 0.3) is 5.79 Å². The van der Waals surface area contributed by atoms with Crippen molar-refractivity contribution < 1.29 is 30.0 Å². The maximum absolute atomic E-state index is 10.8. The number of allylic oxidation sites excluding steroid dienone is 1. The average Bonchev–Trinajstić information content (AvgIpc) is 2.00. The summed E-state index contributed by atoms with van der Waals surface area (Å²) in [4.78, 5) is 10.8. The lowest BCUT2D eigenvalue weighted by Crippen LogP contribution is -2.63. The van der Waals surface area contributed by atoms with Gasteiger partial charge in [0.1, 0.15) is 5.76 Å². The Morgan fingerprint density at radius 1 is 1.08 bits per heavy atom. The molecule has 6 nitrogen and oxygen atoms in total. The number of cyclic esters (lactones) is 1. The van der Waals surface area contributed by atoms with Crippen molar-refractivity contribution in [1.29, 1.82) is 0 Å². The van der Waals surface area contributed by atoms with Crippen LogP contribution in [0.5, 0.6) is 0 Å². The van der Waals surface area contributed by atoms with E-state index in [9.17, 15) is 15.0 Å². The van der Waals surface area contributed by atoms with Crippen molar-refractivity contribution in [1.82, 2.24) is 0 Å². The van der Waals surface area contributed by atoms with Crippen LogP contribution in [-0.4, -0.2) is 38.0 Å². The van der Waals surface area contributed by atoms with E-state index in [0.717, 1.165) is 0 Å². The Balaban J connectivity index is 3.30. The van der Waals surface area contributed by atoms with Crippen LogP contribution >= 0.6 is 0 Å². The van der Waals surface area contributed by atoms with Gasteiger partial charge in [-0.05, 0) is 13.8 Å². The van der Waals surface area contributed by atoms with Crippen molar-refractivity contribution in [2.75, 3.05) is 0 Å². The third-order valence-corrected chi connectivity index (χ3v) is 2.07. The first-order chi connectivity index (χ1) is 5.71. The lowest BCUT2D eigenvalue weighted by molar-refractivity contribution is -0.333. The second-order valence-electron chi connectivity index (χ2n) is 2.92. The van der Waals surface area contributed by atoms with Crippen LogP contribution in [0, 0.1) is 0 Å². The molecule has 0 bridgehead atoms. The first kappa shape index (κ1) is 10.1. The molecule has 1 aliphatic heterocycles. The van der Waals surface area contributed by atoms with E-state index >= 15 is 0 Å². The van der Waals surface area contributed by atoms with Crippen LogP contribution in [0.1, 0.15) is 13.8 Å². The van der Waals surface area contributed by atoms with Gasteiger partial charge in [0.2, 0.25) is 0 Å². The van der Waals surface area contributed by atoms with Crippen molar-refractivity contribution in [3.05, 3.63) is 11.3 Å². The SMILES string of the molecule is CC1=C(C)C(O)(O)C(O)(O)C(=O)O1. The monoisotopic (exact) mass is 190 g/mol. The molecule has 1 aliphatic rings. The maximum atomic E-state index is 10.8. The molecule has 13 heavy (non-hydrogen) atoms. The summed E-state index contributed by atoms with van der Waals surface area (Å²) in [6.45, 7) is 2.52. The lowest BCUT2D eigenvalue weighted by Gasteiger charge is -2.37. The van der Waals surface area contributed by atoms with Crippen LogP contribution in [0.2, 0.25) is 0 Å². The fourth-order valence-electron chi connectivity index (χ4n) is 0.936. The third kappa shape index (κ3) is 1.15. The predicted octanol–water partition coefficient (Wildman–Crippen LogP) is -1.80. The van der Waals surface area contributed by atoms with Gasteiger partial charge in [0.05, 0.1) is 0 Å². The molecule has 1 heterocycles. The first-order valence-electron chi connectivity index (χ1n) is 3.51. The van der Waals surface area contributed by atoms with E-state index in [-0.39, 0.29) is 11.3 Å². The number of carbonyl (C=O) groups excluding carboxylic acids is 1. The molecule has 0 aliphatic carbocycles. The van der Waals surface area contributed by atoms with Crippen LogP contribution in [0.25, 0.3) is 0 Å². The van der Waals surface area contributed by atoms with Gasteiger partial charge in [0.15, 0.2) is 0 Å². The van der Waals surface area contributed by atoms with Gasteiger partial charge >= 0.3 is 11.8 Å². The minimum absolute atomic E-state index is 0.0614. The topological polar surface area (TPSA) is 107 Å². The quantitative estimate of drug-likeness (QED) is 0.265. The fraction of sp³-hybridized carbons (Fsp3) is 0.571. The Morgan fingerprint density at radius 3 is 2.00 bits per heavy atom. The third-order valence-electron chi connectivity index (χ3n) is 2.07. The minimum Gasteiger partial charge on any atom is -0.427 e. The summed E-state index contributed by atoms with van der Waals surface area (Å²) in [6, 6.07) is 0. The van der Waals surface area contributed by atoms with Gasteiger partial charge < -0.3 is 25.2 Å². The Kier molecular flexibility index (Phi) is 1.96. The number of aliphatic hydroxyl groups is 4. The molecule has 6 heteroatoms. The molecule has 4 N–H and O–H groups in total. The van der Waals surface area contributed by atoms with E-state index in [0.29, 0.717) is 0 Å². The van der Waals surface area contributed by atoms with Gasteiger partial charge in [0, 0.05) is 5.57 Å². The zero-order valence-corrected chi connectivity index (χ0v) is 7.11. The maximum Gasteiger partial charge on any atom is 0.377 e. The van der Waals surface area contributed by atoms with Crippen LogP contribution in [0.15, 0.2) is 11.3 Å². The highest BCUT2D eigenvalue weighted by Crippen LogP contribution is 2.33. The van der Waals surface area contributed by atoms with E-state index in [1.54, 1.807) is 0 Å². The zero-order valence-electron chi connectivity index (χ0n) is 7.11. The zero-order chi connectivity index (χ0) is 10.4. The molecule has 0 saturated heterocycles. The second kappa shape index (κ2) is 2.52. The largest absolute Gasteiger partial charge is 0.427 e. The van der Waals surface area contributed by atoms with Gasteiger partial charge in [-0.2, -0.15) is 0 Å². The molecule has 0 aromatic carbocycles. The summed E-state index contributed by atoms with van der Waals surface area (Å²) in [6.07, 6.45) is 0. The van der Waals surface area contributed by atoms with Crippen molar-refractivity contribution in [2.45, 2.75) is 25.4 Å². The average molecular weight is 190 g/mol. The van der Waals surface area contributed by atoms with Crippen LogP contribution in [0.4, 0.5) is 0 Å². The molecular formula is C7H10O6. The van der Waals surface area contributed by atoms with Gasteiger partial charge in [-0.25, -0.2) is 4.79 Å². The first-order valence-corrected chi connectivity index (χ1v) is 3.51. The van der Waals surface area contributed by atoms with E-state index in [1.807, 2.05) is 0 Å². The molecule has 0 aromatic heterocycles. The summed E-state index contributed by atoms with van der Waals surface area (Å²) in [7, 11) is 0. The highest BCUT2D eigenvalue weighted by atomic mass is 16.7. The number of hydrogen-bond donors (Lipinski definition) is 4. The Labute approximate surface area is 73.7 Å². The number of rotatable bonds is 0. The molecule has 0 aromatic rings. The molecule has 74 valence electrons. The van der Waals surface area contributed by atoms with Gasteiger partial charge in [-0.3, -0.25) is 0 Å². The Hall–Kier alpha value is -0.950. The highest BCUT2D eigenvalue weighted by Gasteiger charge is 2.59. The standard InChI is InChI=1S/C7H10O6/c1-3-4(2)13-5(8)7(11,12)6(3,9)10/h9-12H,1-2H3. The second-order valence-corrected chi connectivity index (χ2v) is 2.92. The molecule has 0 fully saturated rings. The number of carbonyl (C=O) groups is 1. The molecule has 0 amide bonds. The summed E-state index contributed by atoms with van der Waals surface area (Å²) in [5, 5.41) is 36.4. The normalized spacial score (nSPS) is 25.8. The molecule has 1 rings (SSSR count). The van der Waals surface area contributed by atoms with E-state index in [2.05, 4.69) is 4.74 Å². The molecular weight excluding hydrogens is 180 g/mol. The molecule has 0 radical (unpaired) electrons. The minimum atomic E-state index is -3.32. The van der Waals surface area contributed by atoms with E-state index < -0.39 is 17.5 Å². The summed E-state index contributed by atoms with van der Waals surface area (Å²) in [5.74, 6) is -7.91. The van der Waals surface area contributed by atoms with Gasteiger partial charge in [-0.1, -0.05) is 0 Å². The number of esters is 1. The van der Waals surface area contributed by atoms with Crippen molar-refractivity contribution >= 4 is 5.97 Å². The van der Waals surface area contributed by atoms with Crippen LogP contribution < -0.4 is 0 Å². The highest BCUT2D eigenvalue weighted by molar-refractivity contribution is 5.81. The van der Waals surface area contributed by atoms with Gasteiger partial charge in [-0.15, -0.1) is 0 Å². The summed E-state index contributed by atoms with van der Waals surface area (Å²) < 4.78 is 4.37. The number of ether oxygens (including phenoxy) is 1. The summed E-state index contributed by atoms with van der Waals surface area (Å²) >= 11 is 0.